The van der Waals surface area contributed by atoms with Gasteiger partial charge >= 0.3 is 0 Å². The van der Waals surface area contributed by atoms with E-state index >= 15 is 0 Å². The molecule has 0 bridgehead atoms. The van der Waals surface area contributed by atoms with Crippen LogP contribution in [0.4, 0.5) is 0 Å². The van der Waals surface area contributed by atoms with Crippen molar-refractivity contribution in [2.45, 2.75) is 44.2 Å². The van der Waals surface area contributed by atoms with Crippen molar-refractivity contribution >= 4 is 29.9 Å². The maximum atomic E-state index is 5.60. The molecule has 1 aromatic carbocycles. The van der Waals surface area contributed by atoms with Crippen LogP contribution in [-0.2, 0) is 11.3 Å². The van der Waals surface area contributed by atoms with Crippen LogP contribution in [0.25, 0.3) is 5.69 Å². The molecular weight excluding hydrogens is 503 g/mol. The van der Waals surface area contributed by atoms with Gasteiger partial charge in [-0.2, -0.15) is 5.10 Å². The van der Waals surface area contributed by atoms with Gasteiger partial charge in [0.1, 0.15) is 0 Å². The average Bonchev–Trinajstić information content (AvgIpc) is 3.36. The molecule has 2 aromatic rings. The van der Waals surface area contributed by atoms with Crippen LogP contribution in [0.5, 0.6) is 0 Å². The molecule has 8 heteroatoms. The molecule has 0 amide bonds. The normalized spacial score (nSPS) is 19.5. The molecular formula is C23H35IN6O. The monoisotopic (exact) mass is 538 g/mol. The van der Waals surface area contributed by atoms with E-state index in [1.807, 2.05) is 24.0 Å². The zero-order valence-electron chi connectivity index (χ0n) is 18.4. The van der Waals surface area contributed by atoms with Gasteiger partial charge in [0.2, 0.25) is 0 Å². The third-order valence-electron chi connectivity index (χ3n) is 6.44. The summed E-state index contributed by atoms with van der Waals surface area (Å²) in [6, 6.07) is 10.4. The van der Waals surface area contributed by atoms with Crippen molar-refractivity contribution in [2.24, 2.45) is 4.99 Å². The second kappa shape index (κ2) is 11.8. The van der Waals surface area contributed by atoms with Gasteiger partial charge in [0, 0.05) is 51.2 Å². The van der Waals surface area contributed by atoms with Gasteiger partial charge in [-0.25, -0.2) is 4.68 Å². The highest BCUT2D eigenvalue weighted by Crippen LogP contribution is 2.33. The Hall–Kier alpha value is -1.65. The van der Waals surface area contributed by atoms with E-state index in [4.69, 9.17) is 4.74 Å². The Balaban J connectivity index is 0.00000272. The summed E-state index contributed by atoms with van der Waals surface area (Å²) in [5, 5.41) is 11.4. The van der Waals surface area contributed by atoms with Crippen LogP contribution in [0.1, 0.15) is 37.7 Å². The van der Waals surface area contributed by atoms with Gasteiger partial charge in [0.25, 0.3) is 0 Å². The van der Waals surface area contributed by atoms with E-state index in [-0.39, 0.29) is 29.5 Å². The molecule has 1 aliphatic carbocycles. The molecule has 31 heavy (non-hydrogen) atoms. The van der Waals surface area contributed by atoms with Crippen molar-refractivity contribution < 1.29 is 4.74 Å². The Morgan fingerprint density at radius 1 is 1.10 bits per heavy atom. The molecule has 2 heterocycles. The number of nitrogens with one attached hydrogen (secondary N) is 2. The molecule has 2 aliphatic rings. The van der Waals surface area contributed by atoms with E-state index in [9.17, 15) is 0 Å². The van der Waals surface area contributed by atoms with Crippen molar-refractivity contribution in [1.29, 1.82) is 0 Å². The minimum absolute atomic E-state index is 0. The van der Waals surface area contributed by atoms with Crippen LogP contribution < -0.4 is 10.6 Å². The van der Waals surface area contributed by atoms with Gasteiger partial charge in [0.05, 0.1) is 18.9 Å². The number of guanidine groups is 1. The first kappa shape index (κ1) is 24.0. The highest BCUT2D eigenvalue weighted by atomic mass is 127. The third kappa shape index (κ3) is 6.20. The number of morpholine rings is 1. The lowest BCUT2D eigenvalue weighted by Crippen LogP contribution is -2.60. The lowest BCUT2D eigenvalue weighted by molar-refractivity contribution is -0.0352. The molecule has 2 fully saturated rings. The Bertz CT molecular complexity index is 796. The van der Waals surface area contributed by atoms with Gasteiger partial charge in [-0.05, 0) is 36.6 Å². The summed E-state index contributed by atoms with van der Waals surface area (Å²) in [7, 11) is 1.85. The zero-order chi connectivity index (χ0) is 20.7. The topological polar surface area (TPSA) is 66.7 Å². The van der Waals surface area contributed by atoms with Crippen LogP contribution in [0.3, 0.4) is 0 Å². The number of benzene rings is 1. The maximum absolute atomic E-state index is 5.60. The summed E-state index contributed by atoms with van der Waals surface area (Å²) in [6.07, 6.45) is 10.2. The standard InChI is InChI=1S/C23H34N6O.HI/c1-24-22(25-18-20-6-8-21(9-7-20)29-13-5-12-27-29)26-19-23(10-3-2-4-11-23)28-14-16-30-17-15-28;/h5-9,12-13H,2-4,10-11,14-19H2,1H3,(H2,24,25,26);1H. The van der Waals surface area contributed by atoms with E-state index in [2.05, 4.69) is 49.9 Å². The molecule has 1 saturated carbocycles. The Morgan fingerprint density at radius 2 is 1.84 bits per heavy atom. The quantitative estimate of drug-likeness (QED) is 0.336. The molecule has 170 valence electrons. The fourth-order valence-electron chi connectivity index (χ4n) is 4.70. The first-order chi connectivity index (χ1) is 14.8. The summed E-state index contributed by atoms with van der Waals surface area (Å²) in [6.45, 7) is 5.45. The van der Waals surface area contributed by atoms with Crippen LogP contribution in [-0.4, -0.2) is 66.1 Å². The lowest BCUT2D eigenvalue weighted by atomic mass is 9.80. The number of hydrogen-bond acceptors (Lipinski definition) is 4. The van der Waals surface area contributed by atoms with Gasteiger partial charge in [-0.1, -0.05) is 31.4 Å². The molecule has 0 spiro atoms. The predicted octanol–water partition coefficient (Wildman–Crippen LogP) is 3.19. The Labute approximate surface area is 202 Å². The minimum atomic E-state index is 0. The third-order valence-corrected chi connectivity index (χ3v) is 6.44. The number of aromatic nitrogens is 2. The summed E-state index contributed by atoms with van der Waals surface area (Å²) < 4.78 is 7.47. The fourth-order valence-corrected chi connectivity index (χ4v) is 4.70. The molecule has 4 rings (SSSR count). The first-order valence-electron chi connectivity index (χ1n) is 11.2. The number of aliphatic imine (C=N–C) groups is 1. The van der Waals surface area contributed by atoms with Gasteiger partial charge in [-0.3, -0.25) is 9.89 Å². The smallest absolute Gasteiger partial charge is 0.191 e. The molecule has 1 aliphatic heterocycles. The highest BCUT2D eigenvalue weighted by molar-refractivity contribution is 14.0. The van der Waals surface area contributed by atoms with Crippen molar-refractivity contribution in [2.75, 3.05) is 39.9 Å². The summed E-state index contributed by atoms with van der Waals surface area (Å²) in [4.78, 5) is 7.12. The van der Waals surface area contributed by atoms with Gasteiger partial charge in [0.15, 0.2) is 5.96 Å². The van der Waals surface area contributed by atoms with Crippen molar-refractivity contribution in [3.8, 4) is 5.69 Å². The van der Waals surface area contributed by atoms with E-state index in [1.54, 1.807) is 6.20 Å². The molecule has 0 atom stereocenters. The predicted molar refractivity (Wildman–Crippen MR) is 135 cm³/mol. The molecule has 2 N–H and O–H groups in total. The molecule has 1 aromatic heterocycles. The van der Waals surface area contributed by atoms with Crippen LogP contribution >= 0.6 is 24.0 Å². The van der Waals surface area contributed by atoms with Crippen molar-refractivity contribution in [3.63, 3.8) is 0 Å². The average molecular weight is 538 g/mol. The number of rotatable bonds is 6. The van der Waals surface area contributed by atoms with Crippen LogP contribution in [0.15, 0.2) is 47.7 Å². The number of hydrogen-bond donors (Lipinski definition) is 2. The Kier molecular flexibility index (Phi) is 9.15. The maximum Gasteiger partial charge on any atom is 0.191 e. The van der Waals surface area contributed by atoms with Crippen LogP contribution in [0, 0.1) is 0 Å². The number of nitrogens with zero attached hydrogens (tertiary/aromatic N) is 4. The van der Waals surface area contributed by atoms with E-state index in [0.29, 0.717) is 0 Å². The summed E-state index contributed by atoms with van der Waals surface area (Å²) in [5.41, 5.74) is 2.51. The summed E-state index contributed by atoms with van der Waals surface area (Å²) in [5.74, 6) is 0.865. The van der Waals surface area contributed by atoms with Crippen LogP contribution in [0.2, 0.25) is 0 Å². The molecule has 7 nitrogen and oxygen atoms in total. The fraction of sp³-hybridized carbons (Fsp3) is 0.565. The molecule has 1 saturated heterocycles. The first-order valence-corrected chi connectivity index (χ1v) is 11.2. The number of halogens is 1. The zero-order valence-corrected chi connectivity index (χ0v) is 20.8. The second-order valence-corrected chi connectivity index (χ2v) is 8.28. The second-order valence-electron chi connectivity index (χ2n) is 8.28. The minimum Gasteiger partial charge on any atom is -0.379 e. The van der Waals surface area contributed by atoms with E-state index < -0.39 is 0 Å². The Morgan fingerprint density at radius 3 is 2.48 bits per heavy atom. The largest absolute Gasteiger partial charge is 0.379 e. The van der Waals surface area contributed by atoms with Crippen molar-refractivity contribution in [3.05, 3.63) is 48.3 Å². The van der Waals surface area contributed by atoms with Gasteiger partial charge < -0.3 is 15.4 Å². The highest BCUT2D eigenvalue weighted by Gasteiger charge is 2.38. The van der Waals surface area contributed by atoms with E-state index in [0.717, 1.165) is 51.0 Å². The summed E-state index contributed by atoms with van der Waals surface area (Å²) >= 11 is 0. The lowest BCUT2D eigenvalue weighted by Gasteiger charge is -2.48. The van der Waals surface area contributed by atoms with Gasteiger partial charge in [-0.15, -0.1) is 24.0 Å². The van der Waals surface area contributed by atoms with Crippen molar-refractivity contribution in [1.82, 2.24) is 25.3 Å². The SMILES string of the molecule is CN=C(NCc1ccc(-n2cccn2)cc1)NCC1(N2CCOCC2)CCCCC1.I. The van der Waals surface area contributed by atoms with E-state index in [1.165, 1.54) is 37.7 Å². The molecule has 0 radical (unpaired) electrons. The molecule has 0 unspecified atom stereocenters. The number of ether oxygens (including phenoxy) is 1.